The standard InChI is InChI=1S/C5H14N2/c1-3-4-7-5-6-2/h6-7H,3-5H2,1-2H3. The van der Waals surface area contributed by atoms with Crippen LogP contribution < -0.4 is 10.6 Å². The molecule has 0 aromatic heterocycles. The predicted octanol–water partition coefficient (Wildman–Crippen LogP) is 0.163. The molecule has 0 spiro atoms. The molecule has 2 heteroatoms. The average Bonchev–Trinajstić information content (AvgIpc) is 1.69. The van der Waals surface area contributed by atoms with Crippen molar-refractivity contribution in [1.29, 1.82) is 0 Å². The van der Waals surface area contributed by atoms with Crippen molar-refractivity contribution in [2.24, 2.45) is 0 Å². The molecule has 7 heavy (non-hydrogen) atoms. The highest BCUT2D eigenvalue weighted by Gasteiger charge is 1.75. The summed E-state index contributed by atoms with van der Waals surface area (Å²) in [6.45, 7) is 4.19. The van der Waals surface area contributed by atoms with Gasteiger partial charge in [0.05, 0.1) is 0 Å². The molecule has 0 bridgehead atoms. The van der Waals surface area contributed by atoms with Gasteiger partial charge in [0, 0.05) is 6.67 Å². The fourth-order valence-corrected chi connectivity index (χ4v) is 0.390. The first-order valence-electron chi connectivity index (χ1n) is 2.77. The zero-order valence-corrected chi connectivity index (χ0v) is 5.12. The predicted molar refractivity (Wildman–Crippen MR) is 32.2 cm³/mol. The molecule has 0 heterocycles. The Balaban J connectivity index is 2.45. The third-order valence-corrected chi connectivity index (χ3v) is 0.729. The lowest BCUT2D eigenvalue weighted by Gasteiger charge is -1.97. The Morgan fingerprint density at radius 3 is 2.57 bits per heavy atom. The number of rotatable bonds is 4. The maximum Gasteiger partial charge on any atom is 0.0451 e. The van der Waals surface area contributed by atoms with E-state index in [1.54, 1.807) is 0 Å². The van der Waals surface area contributed by atoms with Crippen LogP contribution in [0.25, 0.3) is 0 Å². The molecule has 2 N–H and O–H groups in total. The molecular weight excluding hydrogens is 88.1 g/mol. The van der Waals surface area contributed by atoms with E-state index in [1.165, 1.54) is 6.42 Å². The molecule has 0 radical (unpaired) electrons. The minimum atomic E-state index is 0.924. The van der Waals surface area contributed by atoms with Crippen LogP contribution in [0.3, 0.4) is 0 Å². The quantitative estimate of drug-likeness (QED) is 0.390. The minimum absolute atomic E-state index is 0.924. The van der Waals surface area contributed by atoms with E-state index in [4.69, 9.17) is 0 Å². The normalized spacial score (nSPS) is 9.43. The molecule has 0 amide bonds. The van der Waals surface area contributed by atoms with Crippen molar-refractivity contribution in [3.05, 3.63) is 0 Å². The van der Waals surface area contributed by atoms with Crippen molar-refractivity contribution >= 4 is 0 Å². The Labute approximate surface area is 45.3 Å². The molecule has 0 saturated carbocycles. The average molecular weight is 102 g/mol. The first-order valence-corrected chi connectivity index (χ1v) is 2.77. The summed E-state index contributed by atoms with van der Waals surface area (Å²) in [5.41, 5.74) is 0. The summed E-state index contributed by atoms with van der Waals surface area (Å²) >= 11 is 0. The molecule has 0 aliphatic heterocycles. The lowest BCUT2D eigenvalue weighted by Crippen LogP contribution is -2.26. The van der Waals surface area contributed by atoms with Gasteiger partial charge in [-0.1, -0.05) is 6.92 Å². The first kappa shape index (κ1) is 6.92. The van der Waals surface area contributed by atoms with Crippen molar-refractivity contribution in [1.82, 2.24) is 10.6 Å². The van der Waals surface area contributed by atoms with Crippen LogP contribution in [0.2, 0.25) is 0 Å². The Morgan fingerprint density at radius 1 is 1.43 bits per heavy atom. The smallest absolute Gasteiger partial charge is 0.0451 e. The highest BCUT2D eigenvalue weighted by atomic mass is 15.0. The van der Waals surface area contributed by atoms with Crippen LogP contribution in [0.4, 0.5) is 0 Å². The van der Waals surface area contributed by atoms with E-state index in [0.717, 1.165) is 13.2 Å². The Morgan fingerprint density at radius 2 is 2.14 bits per heavy atom. The summed E-state index contributed by atoms with van der Waals surface area (Å²) in [6, 6.07) is 0. The molecule has 2 nitrogen and oxygen atoms in total. The van der Waals surface area contributed by atoms with Crippen molar-refractivity contribution in [3.8, 4) is 0 Å². The summed E-state index contributed by atoms with van der Waals surface area (Å²) in [5, 5.41) is 6.16. The second-order valence-corrected chi connectivity index (χ2v) is 1.53. The van der Waals surface area contributed by atoms with E-state index >= 15 is 0 Å². The second-order valence-electron chi connectivity index (χ2n) is 1.53. The van der Waals surface area contributed by atoms with E-state index in [-0.39, 0.29) is 0 Å². The van der Waals surface area contributed by atoms with Gasteiger partial charge in [-0.05, 0) is 20.0 Å². The van der Waals surface area contributed by atoms with Crippen LogP contribution in [-0.2, 0) is 0 Å². The SMILES string of the molecule is CCCNCNC. The third-order valence-electron chi connectivity index (χ3n) is 0.729. The summed E-state index contributed by atoms with van der Waals surface area (Å²) in [4.78, 5) is 0. The van der Waals surface area contributed by atoms with Gasteiger partial charge in [-0.2, -0.15) is 0 Å². The van der Waals surface area contributed by atoms with Gasteiger partial charge in [-0.25, -0.2) is 0 Å². The van der Waals surface area contributed by atoms with Crippen LogP contribution in [-0.4, -0.2) is 20.3 Å². The molecule has 0 rings (SSSR count). The van der Waals surface area contributed by atoms with Gasteiger partial charge in [0.25, 0.3) is 0 Å². The summed E-state index contributed by atoms with van der Waals surface area (Å²) in [6.07, 6.45) is 1.21. The van der Waals surface area contributed by atoms with Crippen LogP contribution in [0.15, 0.2) is 0 Å². The Bertz CT molecular complexity index is 25.3. The molecule has 0 fully saturated rings. The van der Waals surface area contributed by atoms with E-state index in [0.29, 0.717) is 0 Å². The van der Waals surface area contributed by atoms with Gasteiger partial charge in [0.2, 0.25) is 0 Å². The molecule has 0 aromatic rings. The van der Waals surface area contributed by atoms with Gasteiger partial charge >= 0.3 is 0 Å². The van der Waals surface area contributed by atoms with Gasteiger partial charge in [-0.3, -0.25) is 0 Å². The van der Waals surface area contributed by atoms with Gasteiger partial charge in [-0.15, -0.1) is 0 Å². The molecule has 0 unspecified atom stereocenters. The fraction of sp³-hybridized carbons (Fsp3) is 1.00. The summed E-state index contributed by atoms with van der Waals surface area (Å²) in [5.74, 6) is 0. The van der Waals surface area contributed by atoms with Crippen molar-refractivity contribution in [2.75, 3.05) is 20.3 Å². The molecule has 0 aliphatic rings. The number of hydrogen-bond acceptors (Lipinski definition) is 2. The largest absolute Gasteiger partial charge is 0.308 e. The molecule has 0 aromatic carbocycles. The zero-order chi connectivity index (χ0) is 5.54. The van der Waals surface area contributed by atoms with E-state index in [2.05, 4.69) is 17.6 Å². The van der Waals surface area contributed by atoms with Gasteiger partial charge in [0.1, 0.15) is 0 Å². The van der Waals surface area contributed by atoms with Crippen LogP contribution in [0, 0.1) is 0 Å². The summed E-state index contributed by atoms with van der Waals surface area (Å²) in [7, 11) is 1.93. The lowest BCUT2D eigenvalue weighted by molar-refractivity contribution is 0.624. The van der Waals surface area contributed by atoms with E-state index in [9.17, 15) is 0 Å². The second kappa shape index (κ2) is 5.92. The minimum Gasteiger partial charge on any atom is -0.308 e. The third kappa shape index (κ3) is 5.92. The van der Waals surface area contributed by atoms with Crippen LogP contribution in [0.1, 0.15) is 13.3 Å². The van der Waals surface area contributed by atoms with Gasteiger partial charge in [0.15, 0.2) is 0 Å². The van der Waals surface area contributed by atoms with E-state index in [1.807, 2.05) is 7.05 Å². The highest BCUT2D eigenvalue weighted by Crippen LogP contribution is 1.64. The molecular formula is C5H14N2. The maximum atomic E-state index is 3.17. The Hall–Kier alpha value is -0.0800. The summed E-state index contributed by atoms with van der Waals surface area (Å²) < 4.78 is 0. The fourth-order valence-electron chi connectivity index (χ4n) is 0.390. The topological polar surface area (TPSA) is 24.1 Å². The number of hydrogen-bond donors (Lipinski definition) is 2. The monoisotopic (exact) mass is 102 g/mol. The zero-order valence-electron chi connectivity index (χ0n) is 5.12. The molecule has 44 valence electrons. The molecule has 0 aliphatic carbocycles. The van der Waals surface area contributed by atoms with E-state index < -0.39 is 0 Å². The van der Waals surface area contributed by atoms with Crippen molar-refractivity contribution in [3.63, 3.8) is 0 Å². The van der Waals surface area contributed by atoms with Crippen molar-refractivity contribution < 1.29 is 0 Å². The first-order chi connectivity index (χ1) is 3.41. The Kier molecular flexibility index (Phi) is 5.85. The maximum absolute atomic E-state index is 3.17. The molecule has 0 atom stereocenters. The van der Waals surface area contributed by atoms with Crippen LogP contribution >= 0.6 is 0 Å². The number of nitrogens with one attached hydrogen (secondary N) is 2. The van der Waals surface area contributed by atoms with Crippen LogP contribution in [0.5, 0.6) is 0 Å². The van der Waals surface area contributed by atoms with Gasteiger partial charge < -0.3 is 10.6 Å². The van der Waals surface area contributed by atoms with Crippen molar-refractivity contribution in [2.45, 2.75) is 13.3 Å². The highest BCUT2D eigenvalue weighted by molar-refractivity contribution is 4.37. The molecule has 0 saturated heterocycles. The lowest BCUT2D eigenvalue weighted by atomic mass is 10.5.